The molecule has 0 bridgehead atoms. The SMILES string of the molecule is CCN(C1=C(C)C(C)(C(=O)NCC2=C(C)CC(C)N(C)C2=O)C=CS1)C1CCC(N(C)C)CC1. The first-order valence-electron chi connectivity index (χ1n) is 12.7. The molecule has 6 nitrogen and oxygen atoms in total. The van der Waals surface area contributed by atoms with Crippen LogP contribution in [-0.4, -0.2) is 78.9 Å². The quantitative estimate of drug-likeness (QED) is 0.577. The molecule has 0 radical (unpaired) electrons. The summed E-state index contributed by atoms with van der Waals surface area (Å²) in [5, 5.41) is 6.39. The fraction of sp³-hybridized carbons (Fsp3) is 0.704. The standard InChI is InChI=1S/C27H44N4O2S/c1-9-31(22-12-10-21(11-13-22)29(6)7)25-20(4)27(5,14-15-34-25)26(33)28-17-23-18(2)16-19(3)30(8)24(23)32/h14-15,19,21-22H,9-13,16-17H2,1-8H3,(H,28,33). The van der Waals surface area contributed by atoms with Crippen molar-refractivity contribution in [3.8, 4) is 0 Å². The van der Waals surface area contributed by atoms with Crippen LogP contribution in [0.5, 0.6) is 0 Å². The van der Waals surface area contributed by atoms with Gasteiger partial charge in [0.25, 0.3) is 5.91 Å². The van der Waals surface area contributed by atoms with Gasteiger partial charge in [-0.15, -0.1) is 0 Å². The third kappa shape index (κ3) is 5.25. The van der Waals surface area contributed by atoms with Crippen LogP contribution in [0.4, 0.5) is 0 Å². The van der Waals surface area contributed by atoms with E-state index in [1.807, 2.05) is 27.0 Å². The van der Waals surface area contributed by atoms with Crippen molar-refractivity contribution in [2.75, 3.05) is 34.2 Å². The Morgan fingerprint density at radius 3 is 2.41 bits per heavy atom. The molecule has 0 saturated heterocycles. The van der Waals surface area contributed by atoms with E-state index in [1.165, 1.54) is 30.7 Å². The van der Waals surface area contributed by atoms with E-state index in [9.17, 15) is 9.59 Å². The highest BCUT2D eigenvalue weighted by Gasteiger charge is 2.39. The van der Waals surface area contributed by atoms with Gasteiger partial charge in [-0.2, -0.15) is 0 Å². The predicted octanol–water partition coefficient (Wildman–Crippen LogP) is 4.36. The van der Waals surface area contributed by atoms with Gasteiger partial charge in [-0.05, 0) is 91.8 Å². The van der Waals surface area contributed by atoms with Gasteiger partial charge in [0.15, 0.2) is 0 Å². The summed E-state index contributed by atoms with van der Waals surface area (Å²) in [4.78, 5) is 32.9. The second-order valence-corrected chi connectivity index (χ2v) is 11.6. The van der Waals surface area contributed by atoms with Crippen LogP contribution in [0.3, 0.4) is 0 Å². The molecule has 7 heteroatoms. The minimum absolute atomic E-state index is 0.0230. The van der Waals surface area contributed by atoms with Gasteiger partial charge in [0.05, 0.1) is 10.4 Å². The molecule has 2 aliphatic heterocycles. The van der Waals surface area contributed by atoms with Crippen molar-refractivity contribution in [1.82, 2.24) is 20.0 Å². The largest absolute Gasteiger partial charge is 0.363 e. The summed E-state index contributed by atoms with van der Waals surface area (Å²) >= 11 is 1.74. The summed E-state index contributed by atoms with van der Waals surface area (Å²) < 4.78 is 0. The van der Waals surface area contributed by atoms with Crippen molar-refractivity contribution < 1.29 is 9.59 Å². The zero-order valence-corrected chi connectivity index (χ0v) is 23.2. The predicted molar refractivity (Wildman–Crippen MR) is 142 cm³/mol. The molecule has 0 aromatic carbocycles. The highest BCUT2D eigenvalue weighted by Crippen LogP contribution is 2.44. The molecular weight excluding hydrogens is 444 g/mol. The smallest absolute Gasteiger partial charge is 0.251 e. The Morgan fingerprint density at radius 2 is 1.82 bits per heavy atom. The van der Waals surface area contributed by atoms with Gasteiger partial charge in [-0.1, -0.05) is 23.4 Å². The van der Waals surface area contributed by atoms with E-state index >= 15 is 0 Å². The highest BCUT2D eigenvalue weighted by molar-refractivity contribution is 8.05. The first-order valence-corrected chi connectivity index (χ1v) is 13.6. The van der Waals surface area contributed by atoms with Gasteiger partial charge in [0.1, 0.15) is 0 Å². The van der Waals surface area contributed by atoms with Gasteiger partial charge in [0.2, 0.25) is 5.91 Å². The van der Waals surface area contributed by atoms with E-state index in [-0.39, 0.29) is 24.4 Å². The van der Waals surface area contributed by atoms with Gasteiger partial charge >= 0.3 is 0 Å². The van der Waals surface area contributed by atoms with E-state index in [0.29, 0.717) is 12.1 Å². The third-order valence-electron chi connectivity index (χ3n) is 8.37. The van der Waals surface area contributed by atoms with Crippen LogP contribution in [0.1, 0.15) is 66.7 Å². The van der Waals surface area contributed by atoms with Crippen LogP contribution in [0.25, 0.3) is 0 Å². The second-order valence-electron chi connectivity index (χ2n) is 10.7. The number of nitrogens with zero attached hydrogens (tertiary/aromatic N) is 3. The molecule has 1 N–H and O–H groups in total. The maximum Gasteiger partial charge on any atom is 0.251 e. The van der Waals surface area contributed by atoms with Crippen molar-refractivity contribution in [2.24, 2.45) is 5.41 Å². The molecule has 2 amide bonds. The molecule has 3 rings (SSSR count). The molecule has 2 atom stereocenters. The molecule has 1 fully saturated rings. The van der Waals surface area contributed by atoms with E-state index in [4.69, 9.17) is 0 Å². The average molecular weight is 489 g/mol. The first kappa shape index (κ1) is 26.9. The topological polar surface area (TPSA) is 55.9 Å². The van der Waals surface area contributed by atoms with Gasteiger partial charge in [0, 0.05) is 43.8 Å². The van der Waals surface area contributed by atoms with Crippen LogP contribution < -0.4 is 5.32 Å². The summed E-state index contributed by atoms with van der Waals surface area (Å²) in [5.41, 5.74) is 2.18. The van der Waals surface area contributed by atoms with Crippen LogP contribution >= 0.6 is 11.8 Å². The number of amides is 2. The summed E-state index contributed by atoms with van der Waals surface area (Å²) in [6, 6.07) is 1.38. The molecule has 0 aromatic rings. The summed E-state index contributed by atoms with van der Waals surface area (Å²) in [7, 11) is 6.20. The highest BCUT2D eigenvalue weighted by atomic mass is 32.2. The molecule has 2 unspecified atom stereocenters. The lowest BCUT2D eigenvalue weighted by molar-refractivity contribution is -0.128. The van der Waals surface area contributed by atoms with Crippen molar-refractivity contribution >= 4 is 23.6 Å². The number of hydrogen-bond acceptors (Lipinski definition) is 5. The van der Waals surface area contributed by atoms with Crippen LogP contribution in [0.15, 0.2) is 33.2 Å². The minimum atomic E-state index is -0.722. The Bertz CT molecular complexity index is 885. The number of carbonyl (C=O) groups is 2. The van der Waals surface area contributed by atoms with E-state index in [2.05, 4.69) is 55.4 Å². The van der Waals surface area contributed by atoms with Crippen LogP contribution in [-0.2, 0) is 9.59 Å². The summed E-state index contributed by atoms with van der Waals surface area (Å²) in [6.45, 7) is 11.6. The van der Waals surface area contributed by atoms with E-state index < -0.39 is 5.41 Å². The van der Waals surface area contributed by atoms with Gasteiger partial charge in [-0.25, -0.2) is 0 Å². The lowest BCUT2D eigenvalue weighted by atomic mass is 9.81. The molecule has 0 aromatic heterocycles. The van der Waals surface area contributed by atoms with Crippen molar-refractivity contribution in [3.63, 3.8) is 0 Å². The maximum absolute atomic E-state index is 13.5. The number of likely N-dealkylation sites (N-methyl/N-ethyl adjacent to an activating group) is 1. The van der Waals surface area contributed by atoms with Gasteiger partial charge < -0.3 is 20.0 Å². The summed E-state index contributed by atoms with van der Waals surface area (Å²) in [5.74, 6) is -0.0179. The monoisotopic (exact) mass is 488 g/mol. The van der Waals surface area contributed by atoms with Crippen LogP contribution in [0.2, 0.25) is 0 Å². The second kappa shape index (κ2) is 10.9. The zero-order chi connectivity index (χ0) is 25.2. The average Bonchev–Trinajstić information content (AvgIpc) is 2.81. The fourth-order valence-electron chi connectivity index (χ4n) is 5.53. The van der Waals surface area contributed by atoms with Crippen molar-refractivity contribution in [3.05, 3.63) is 33.2 Å². The Labute approximate surface area is 210 Å². The Balaban J connectivity index is 1.75. The molecule has 1 saturated carbocycles. The molecule has 1 aliphatic carbocycles. The van der Waals surface area contributed by atoms with E-state index in [0.717, 1.165) is 29.7 Å². The Kier molecular flexibility index (Phi) is 8.61. The minimum Gasteiger partial charge on any atom is -0.363 e. The molecular formula is C27H44N4O2S. The lowest BCUT2D eigenvalue weighted by Crippen LogP contribution is -2.46. The van der Waals surface area contributed by atoms with Crippen molar-refractivity contribution in [2.45, 2.75) is 84.8 Å². The summed E-state index contributed by atoms with van der Waals surface area (Å²) in [6.07, 6.45) is 7.67. The number of carbonyl (C=O) groups excluding carboxylic acids is 2. The number of thioether (sulfide) groups is 1. The first-order chi connectivity index (χ1) is 16.0. The van der Waals surface area contributed by atoms with E-state index in [1.54, 1.807) is 16.7 Å². The number of hydrogen-bond donors (Lipinski definition) is 1. The maximum atomic E-state index is 13.5. The number of rotatable bonds is 7. The molecule has 34 heavy (non-hydrogen) atoms. The molecule has 3 aliphatic rings. The normalized spacial score (nSPS) is 30.3. The fourth-order valence-corrected chi connectivity index (χ4v) is 6.80. The molecule has 190 valence electrons. The molecule has 0 spiro atoms. The molecule has 2 heterocycles. The Morgan fingerprint density at radius 1 is 1.21 bits per heavy atom. The van der Waals surface area contributed by atoms with Gasteiger partial charge in [-0.3, -0.25) is 9.59 Å². The van der Waals surface area contributed by atoms with Crippen molar-refractivity contribution in [1.29, 1.82) is 0 Å². The zero-order valence-electron chi connectivity index (χ0n) is 22.4. The third-order valence-corrected chi connectivity index (χ3v) is 9.41. The Hall–Kier alpha value is -1.73. The lowest BCUT2D eigenvalue weighted by Gasteiger charge is -2.43. The van der Waals surface area contributed by atoms with Crippen LogP contribution in [0, 0.1) is 5.41 Å². The number of nitrogens with one attached hydrogen (secondary N) is 1.